The molecule has 4 nitrogen and oxygen atoms in total. The maximum Gasteiger partial charge on any atom is 0.262 e. The summed E-state index contributed by atoms with van der Waals surface area (Å²) in [6, 6.07) is 11.0. The minimum absolute atomic E-state index is 0.00680. The highest BCUT2D eigenvalue weighted by Gasteiger charge is 2.12. The van der Waals surface area contributed by atoms with Gasteiger partial charge in [0.1, 0.15) is 10.3 Å². The summed E-state index contributed by atoms with van der Waals surface area (Å²) < 4.78 is 1.76. The van der Waals surface area contributed by atoms with Gasteiger partial charge in [0.05, 0.1) is 10.9 Å². The van der Waals surface area contributed by atoms with Gasteiger partial charge in [0.25, 0.3) is 5.56 Å². The fraction of sp³-hybridized carbons (Fsp3) is 0.278. The molecule has 0 spiro atoms. The standard InChI is InChI=1S/C18H17Cl2N3OS/c1-2-3-8-23-17(24)13-6-4-5-7-14(13)21-18(23)25-11-12-9-15(19)22-16(20)10-12/h4-7,9-10H,2-3,8,11H2,1H3. The number of fused-ring (bicyclic) bond motifs is 1. The molecule has 2 heterocycles. The quantitative estimate of drug-likeness (QED) is 0.328. The Morgan fingerprint density at radius 2 is 1.84 bits per heavy atom. The Labute approximate surface area is 160 Å². The molecular formula is C18H17Cl2N3OS. The Morgan fingerprint density at radius 3 is 2.56 bits per heavy atom. The number of rotatable bonds is 6. The van der Waals surface area contributed by atoms with Gasteiger partial charge in [-0.05, 0) is 36.2 Å². The van der Waals surface area contributed by atoms with E-state index in [2.05, 4.69) is 11.9 Å². The molecule has 0 bridgehead atoms. The number of hydrogen-bond acceptors (Lipinski definition) is 4. The number of hydrogen-bond donors (Lipinski definition) is 0. The molecule has 0 aliphatic rings. The molecule has 3 aromatic rings. The summed E-state index contributed by atoms with van der Waals surface area (Å²) in [5.41, 5.74) is 1.67. The van der Waals surface area contributed by atoms with Crippen LogP contribution < -0.4 is 5.56 Å². The lowest BCUT2D eigenvalue weighted by Crippen LogP contribution is -2.23. The molecule has 1 aromatic carbocycles. The van der Waals surface area contributed by atoms with Crippen LogP contribution in [0.2, 0.25) is 10.3 Å². The molecule has 0 aliphatic carbocycles. The molecule has 7 heteroatoms. The number of halogens is 2. The van der Waals surface area contributed by atoms with E-state index in [1.807, 2.05) is 24.3 Å². The van der Waals surface area contributed by atoms with E-state index in [1.165, 1.54) is 11.8 Å². The van der Waals surface area contributed by atoms with Crippen molar-refractivity contribution in [1.82, 2.24) is 14.5 Å². The summed E-state index contributed by atoms with van der Waals surface area (Å²) >= 11 is 13.4. The largest absolute Gasteiger partial charge is 0.287 e. The van der Waals surface area contributed by atoms with E-state index in [0.29, 0.717) is 38.7 Å². The highest BCUT2D eigenvalue weighted by atomic mass is 35.5. The predicted molar refractivity (Wildman–Crippen MR) is 105 cm³/mol. The van der Waals surface area contributed by atoms with Crippen LogP contribution in [0.4, 0.5) is 0 Å². The van der Waals surface area contributed by atoms with Gasteiger partial charge < -0.3 is 0 Å². The third-order valence-corrected chi connectivity index (χ3v) is 5.19. The summed E-state index contributed by atoms with van der Waals surface area (Å²) in [5, 5.41) is 2.08. The second kappa shape index (κ2) is 8.21. The van der Waals surface area contributed by atoms with E-state index in [0.717, 1.165) is 18.4 Å². The molecule has 0 N–H and O–H groups in total. The first-order valence-corrected chi connectivity index (χ1v) is 9.77. The Kier molecular flexibility index (Phi) is 5.99. The Morgan fingerprint density at radius 1 is 1.12 bits per heavy atom. The van der Waals surface area contributed by atoms with Crippen molar-refractivity contribution in [2.75, 3.05) is 0 Å². The molecule has 2 aromatic heterocycles. The number of nitrogens with zero attached hydrogens (tertiary/aromatic N) is 3. The van der Waals surface area contributed by atoms with Crippen molar-refractivity contribution < 1.29 is 0 Å². The fourth-order valence-corrected chi connectivity index (χ4v) is 3.98. The number of benzene rings is 1. The van der Waals surface area contributed by atoms with Crippen molar-refractivity contribution in [1.29, 1.82) is 0 Å². The van der Waals surface area contributed by atoms with Gasteiger partial charge in [-0.2, -0.15) is 0 Å². The van der Waals surface area contributed by atoms with Crippen molar-refractivity contribution in [2.45, 2.75) is 37.2 Å². The van der Waals surface area contributed by atoms with Crippen LogP contribution >= 0.6 is 35.0 Å². The normalized spacial score (nSPS) is 11.2. The predicted octanol–water partition coefficient (Wildman–Crippen LogP) is 5.19. The second-order valence-corrected chi connectivity index (χ2v) is 7.35. The highest BCUT2D eigenvalue weighted by Crippen LogP contribution is 2.25. The molecule has 0 amide bonds. The van der Waals surface area contributed by atoms with Crippen molar-refractivity contribution in [3.05, 3.63) is 62.6 Å². The summed E-state index contributed by atoms with van der Waals surface area (Å²) in [5.74, 6) is 0.610. The summed E-state index contributed by atoms with van der Waals surface area (Å²) in [7, 11) is 0. The van der Waals surface area contributed by atoms with Crippen LogP contribution in [-0.2, 0) is 12.3 Å². The average molecular weight is 394 g/mol. The fourth-order valence-electron chi connectivity index (χ4n) is 2.52. The molecule has 0 atom stereocenters. The molecule has 130 valence electrons. The van der Waals surface area contributed by atoms with Crippen LogP contribution in [0.5, 0.6) is 0 Å². The van der Waals surface area contributed by atoms with Crippen LogP contribution in [-0.4, -0.2) is 14.5 Å². The minimum atomic E-state index is 0.00680. The monoisotopic (exact) mass is 393 g/mol. The third kappa shape index (κ3) is 4.35. The molecule has 3 rings (SSSR count). The first-order valence-electron chi connectivity index (χ1n) is 8.03. The third-order valence-electron chi connectivity index (χ3n) is 3.75. The van der Waals surface area contributed by atoms with E-state index in [1.54, 1.807) is 16.7 Å². The van der Waals surface area contributed by atoms with Crippen molar-refractivity contribution >= 4 is 45.9 Å². The smallest absolute Gasteiger partial charge is 0.262 e. The molecule has 0 fully saturated rings. The zero-order valence-corrected chi connectivity index (χ0v) is 16.0. The first-order chi connectivity index (χ1) is 12.1. The second-order valence-electron chi connectivity index (χ2n) is 5.63. The van der Waals surface area contributed by atoms with Gasteiger partial charge in [0.2, 0.25) is 0 Å². The lowest BCUT2D eigenvalue weighted by atomic mass is 10.2. The SMILES string of the molecule is CCCCn1c(SCc2cc(Cl)nc(Cl)c2)nc2ccccc2c1=O. The molecule has 0 unspecified atom stereocenters. The average Bonchev–Trinajstić information content (AvgIpc) is 2.58. The molecule has 0 saturated heterocycles. The van der Waals surface area contributed by atoms with Gasteiger partial charge in [-0.15, -0.1) is 0 Å². The van der Waals surface area contributed by atoms with Crippen molar-refractivity contribution in [3.63, 3.8) is 0 Å². The number of pyridine rings is 1. The maximum atomic E-state index is 12.8. The lowest BCUT2D eigenvalue weighted by molar-refractivity contribution is 0.557. The van der Waals surface area contributed by atoms with Crippen molar-refractivity contribution in [2.24, 2.45) is 0 Å². The van der Waals surface area contributed by atoms with Crippen molar-refractivity contribution in [3.8, 4) is 0 Å². The van der Waals surface area contributed by atoms with E-state index < -0.39 is 0 Å². The highest BCUT2D eigenvalue weighted by molar-refractivity contribution is 7.98. The van der Waals surface area contributed by atoms with Gasteiger partial charge in [-0.1, -0.05) is 60.4 Å². The van der Waals surface area contributed by atoms with Gasteiger partial charge in [-0.3, -0.25) is 9.36 Å². The maximum absolute atomic E-state index is 12.8. The molecule has 25 heavy (non-hydrogen) atoms. The zero-order chi connectivity index (χ0) is 17.8. The minimum Gasteiger partial charge on any atom is -0.287 e. The van der Waals surface area contributed by atoms with Gasteiger partial charge in [-0.25, -0.2) is 9.97 Å². The number of unbranched alkanes of at least 4 members (excludes halogenated alkanes) is 1. The van der Waals surface area contributed by atoms with Gasteiger partial charge in [0, 0.05) is 12.3 Å². The molecule has 0 saturated carbocycles. The van der Waals surface area contributed by atoms with E-state index in [9.17, 15) is 4.79 Å². The van der Waals surface area contributed by atoms with Crippen LogP contribution in [0, 0.1) is 0 Å². The topological polar surface area (TPSA) is 47.8 Å². The summed E-state index contributed by atoms with van der Waals surface area (Å²) in [6.07, 6.45) is 1.94. The lowest BCUT2D eigenvalue weighted by Gasteiger charge is -2.13. The van der Waals surface area contributed by atoms with E-state index in [4.69, 9.17) is 28.2 Å². The Hall–Kier alpha value is -1.56. The van der Waals surface area contributed by atoms with E-state index >= 15 is 0 Å². The first kappa shape index (κ1) is 18.2. The van der Waals surface area contributed by atoms with E-state index in [-0.39, 0.29) is 5.56 Å². The molecule has 0 aliphatic heterocycles. The van der Waals surface area contributed by atoms with Crippen LogP contribution in [0.15, 0.2) is 46.3 Å². The Balaban J connectivity index is 1.97. The van der Waals surface area contributed by atoms with Gasteiger partial charge >= 0.3 is 0 Å². The summed E-state index contributed by atoms with van der Waals surface area (Å²) in [6.45, 7) is 2.76. The van der Waals surface area contributed by atoms with Gasteiger partial charge in [0.15, 0.2) is 5.16 Å². The van der Waals surface area contributed by atoms with Crippen LogP contribution in [0.3, 0.4) is 0 Å². The molecular weight excluding hydrogens is 377 g/mol. The zero-order valence-electron chi connectivity index (χ0n) is 13.7. The molecule has 0 radical (unpaired) electrons. The number of aromatic nitrogens is 3. The van der Waals surface area contributed by atoms with Crippen LogP contribution in [0.25, 0.3) is 10.9 Å². The number of thioether (sulfide) groups is 1. The summed E-state index contributed by atoms with van der Waals surface area (Å²) in [4.78, 5) is 21.5. The van der Waals surface area contributed by atoms with Crippen LogP contribution in [0.1, 0.15) is 25.3 Å². The number of para-hydroxylation sites is 1. The Bertz CT molecular complexity index is 938.